The molecule has 456 valence electrons. The number of unbranched alkanes of at least 4 members (excludes halogenated alkanes) is 17. The molecule has 0 fully saturated rings. The fourth-order valence-corrected chi connectivity index (χ4v) is 9.96. The van der Waals surface area contributed by atoms with Crippen molar-refractivity contribution in [2.24, 2.45) is 0 Å². The molecular formula is C58H112N2O15S2. The van der Waals surface area contributed by atoms with Crippen molar-refractivity contribution in [3.8, 4) is 0 Å². The molecular weight excluding hydrogens is 1030 g/mol. The number of amides is 1. The molecule has 19 heteroatoms. The minimum absolute atomic E-state index is 0.0533. The van der Waals surface area contributed by atoms with E-state index < -0.39 is 40.8 Å². The van der Waals surface area contributed by atoms with Crippen molar-refractivity contribution in [2.75, 3.05) is 130 Å². The normalized spacial score (nSPS) is 12.6. The molecule has 0 aromatic heterocycles. The Labute approximate surface area is 475 Å². The third-order valence-electron chi connectivity index (χ3n) is 11.3. The molecule has 0 aliphatic rings. The van der Waals surface area contributed by atoms with Crippen molar-refractivity contribution in [2.45, 2.75) is 220 Å². The first-order chi connectivity index (χ1) is 36.8. The Kier molecular flexibility index (Phi) is 49.9. The highest BCUT2D eigenvalue weighted by atomic mass is 33.1. The van der Waals surface area contributed by atoms with Crippen LogP contribution in [0.5, 0.6) is 0 Å². The third kappa shape index (κ3) is 57.3. The molecule has 0 radical (unpaired) electrons. The van der Waals surface area contributed by atoms with E-state index in [4.69, 9.17) is 52.5 Å². The van der Waals surface area contributed by atoms with Crippen molar-refractivity contribution in [1.82, 2.24) is 10.2 Å². The molecule has 1 amide bonds. The van der Waals surface area contributed by atoms with Crippen molar-refractivity contribution in [1.29, 1.82) is 0 Å². The van der Waals surface area contributed by atoms with Crippen LogP contribution in [0.3, 0.4) is 0 Å². The fourth-order valence-electron chi connectivity index (χ4n) is 7.67. The lowest BCUT2D eigenvalue weighted by Crippen LogP contribution is -2.50. The van der Waals surface area contributed by atoms with Crippen LogP contribution in [-0.2, 0) is 66.5 Å². The van der Waals surface area contributed by atoms with Crippen LogP contribution in [0.1, 0.15) is 197 Å². The van der Waals surface area contributed by atoms with E-state index in [1.54, 1.807) is 62.3 Å². The van der Waals surface area contributed by atoms with Crippen LogP contribution >= 0.6 is 21.6 Å². The van der Waals surface area contributed by atoms with Gasteiger partial charge < -0.3 is 57.8 Å². The number of aliphatic hydroxyl groups excluding tert-OH is 1. The highest BCUT2D eigenvalue weighted by Crippen LogP contribution is 2.25. The van der Waals surface area contributed by atoms with Crippen LogP contribution < -0.4 is 5.32 Å². The molecule has 0 aromatic carbocycles. The topological polar surface area (TPSA) is 196 Å². The van der Waals surface area contributed by atoms with Crippen molar-refractivity contribution in [3.05, 3.63) is 0 Å². The van der Waals surface area contributed by atoms with Crippen LogP contribution in [0.4, 0.5) is 0 Å². The number of ether oxygens (including phenoxy) is 10. The van der Waals surface area contributed by atoms with E-state index in [1.165, 1.54) is 119 Å². The first kappa shape index (κ1) is 75.2. The van der Waals surface area contributed by atoms with Crippen LogP contribution in [0, 0.1) is 0 Å². The predicted molar refractivity (Wildman–Crippen MR) is 311 cm³/mol. The highest BCUT2D eigenvalue weighted by molar-refractivity contribution is 8.76. The average molecular weight is 1140 g/mol. The second-order valence-corrected chi connectivity index (χ2v) is 25.1. The summed E-state index contributed by atoms with van der Waals surface area (Å²) in [6.07, 6.45) is 24.8. The summed E-state index contributed by atoms with van der Waals surface area (Å²) in [6.45, 7) is 22.3. The monoisotopic (exact) mass is 1140 g/mol. The zero-order valence-corrected chi connectivity index (χ0v) is 51.6. The maximum Gasteiger partial charge on any atom is 0.323 e. The number of esters is 3. The molecule has 1 atom stereocenters. The van der Waals surface area contributed by atoms with Crippen molar-refractivity contribution >= 4 is 45.4 Å². The van der Waals surface area contributed by atoms with Crippen LogP contribution in [-0.4, -0.2) is 187 Å². The van der Waals surface area contributed by atoms with Gasteiger partial charge in [0.05, 0.1) is 92.4 Å². The van der Waals surface area contributed by atoms with Gasteiger partial charge in [0.15, 0.2) is 0 Å². The molecule has 0 rings (SSSR count). The van der Waals surface area contributed by atoms with Gasteiger partial charge in [0, 0.05) is 31.3 Å². The average Bonchev–Trinajstić information content (AvgIpc) is 3.33. The Morgan fingerprint density at radius 2 is 0.753 bits per heavy atom. The van der Waals surface area contributed by atoms with E-state index in [2.05, 4.69) is 26.9 Å². The fraction of sp³-hybridized carbons (Fsp3) is 0.931. The summed E-state index contributed by atoms with van der Waals surface area (Å²) in [7, 11) is 4.14. The number of aliphatic hydroxyl groups is 1. The van der Waals surface area contributed by atoms with Crippen LogP contribution in [0.25, 0.3) is 0 Å². The van der Waals surface area contributed by atoms with Gasteiger partial charge in [0.1, 0.15) is 29.5 Å². The second kappa shape index (κ2) is 51.1. The zero-order chi connectivity index (χ0) is 57.1. The smallest absolute Gasteiger partial charge is 0.323 e. The molecule has 0 saturated carbocycles. The molecule has 1 unspecified atom stereocenters. The van der Waals surface area contributed by atoms with Crippen molar-refractivity contribution < 1.29 is 71.7 Å². The Hall–Kier alpha value is -1.78. The standard InChI is InChI=1S/C58H112N2O15S2/c1-56(2,3)73-53(63)48-60(49-54(64)74-57(4,5)6)51(55(65)75-58(7,8)9)30-24-25-31-59-52(62)50-72-45-44-71-43-42-70-40-37-67-34-27-21-17-13-11-15-19-23-29-47-77-76-46-28-22-18-14-10-12-16-20-26-33-66-36-39-69-41-38-68-35-32-61/h51,61H,10-50H2,1-9H3,(H,59,62). The van der Waals surface area contributed by atoms with E-state index >= 15 is 0 Å². The van der Waals surface area contributed by atoms with Gasteiger partial charge in [-0.25, -0.2) is 0 Å². The number of hydrogen-bond acceptors (Lipinski definition) is 18. The van der Waals surface area contributed by atoms with E-state index in [0.717, 1.165) is 26.1 Å². The molecule has 0 aliphatic carbocycles. The first-order valence-electron chi connectivity index (χ1n) is 29.4. The van der Waals surface area contributed by atoms with E-state index in [9.17, 15) is 19.2 Å². The Bertz CT molecular complexity index is 1370. The molecule has 2 N–H and O–H groups in total. The molecule has 0 saturated heterocycles. The van der Waals surface area contributed by atoms with Gasteiger partial charge in [-0.2, -0.15) is 0 Å². The Balaban J connectivity index is 3.72. The summed E-state index contributed by atoms with van der Waals surface area (Å²) in [5, 5.41) is 11.5. The van der Waals surface area contributed by atoms with Crippen LogP contribution in [0.15, 0.2) is 0 Å². The van der Waals surface area contributed by atoms with E-state index in [0.29, 0.717) is 85.5 Å². The first-order valence-corrected chi connectivity index (χ1v) is 31.9. The Morgan fingerprint density at radius 3 is 1.13 bits per heavy atom. The summed E-state index contributed by atoms with van der Waals surface area (Å²) in [4.78, 5) is 53.1. The summed E-state index contributed by atoms with van der Waals surface area (Å²) >= 11 is 0. The summed E-state index contributed by atoms with van der Waals surface area (Å²) in [6, 6.07) is -0.927. The van der Waals surface area contributed by atoms with Crippen molar-refractivity contribution in [3.63, 3.8) is 0 Å². The van der Waals surface area contributed by atoms with E-state index in [-0.39, 0.29) is 45.2 Å². The number of carbonyl (C=O) groups excluding carboxylic acids is 4. The van der Waals surface area contributed by atoms with Gasteiger partial charge in [0.25, 0.3) is 0 Å². The minimum Gasteiger partial charge on any atom is -0.459 e. The van der Waals surface area contributed by atoms with Gasteiger partial charge in [-0.05, 0) is 107 Å². The van der Waals surface area contributed by atoms with Gasteiger partial charge in [-0.15, -0.1) is 0 Å². The summed E-state index contributed by atoms with van der Waals surface area (Å²) in [5.41, 5.74) is -2.30. The third-order valence-corrected chi connectivity index (χ3v) is 13.9. The number of nitrogens with zero attached hydrogens (tertiary/aromatic N) is 1. The molecule has 0 spiro atoms. The SMILES string of the molecule is CC(C)(C)OC(=O)CN(CC(=O)OC(C)(C)C)C(CCCCNC(=O)COCCOCCOCCOCCCCCCCCCCCSSCCCCCCCCCCCOCCOCCOCCO)C(=O)OC(C)(C)C. The lowest BCUT2D eigenvalue weighted by atomic mass is 10.1. The number of rotatable bonds is 55. The lowest BCUT2D eigenvalue weighted by molar-refractivity contribution is -0.168. The molecule has 0 aromatic rings. The molecule has 17 nitrogen and oxygen atoms in total. The molecule has 0 heterocycles. The number of nitrogens with one attached hydrogen (secondary N) is 1. The van der Waals surface area contributed by atoms with Gasteiger partial charge in [0.2, 0.25) is 5.91 Å². The lowest BCUT2D eigenvalue weighted by Gasteiger charge is -2.33. The van der Waals surface area contributed by atoms with E-state index in [1.807, 2.05) is 0 Å². The Morgan fingerprint density at radius 1 is 0.416 bits per heavy atom. The summed E-state index contributed by atoms with van der Waals surface area (Å²) < 4.78 is 55.3. The minimum atomic E-state index is -0.927. The maximum atomic E-state index is 13.5. The quantitative estimate of drug-likeness (QED) is 0.0252. The predicted octanol–water partition coefficient (Wildman–Crippen LogP) is 10.5. The zero-order valence-electron chi connectivity index (χ0n) is 50.0. The molecule has 0 aliphatic heterocycles. The summed E-state index contributed by atoms with van der Waals surface area (Å²) in [5.74, 6) is 0.580. The van der Waals surface area contributed by atoms with Gasteiger partial charge in [-0.1, -0.05) is 111 Å². The largest absolute Gasteiger partial charge is 0.459 e. The number of carbonyl (C=O) groups is 4. The maximum absolute atomic E-state index is 13.5. The molecule has 0 bridgehead atoms. The highest BCUT2D eigenvalue weighted by Gasteiger charge is 2.34. The number of hydrogen-bond donors (Lipinski definition) is 2. The molecule has 77 heavy (non-hydrogen) atoms. The second-order valence-electron chi connectivity index (χ2n) is 22.4. The van der Waals surface area contributed by atoms with Gasteiger partial charge in [-0.3, -0.25) is 24.1 Å². The van der Waals surface area contributed by atoms with Gasteiger partial charge >= 0.3 is 17.9 Å². The van der Waals surface area contributed by atoms with Crippen LogP contribution in [0.2, 0.25) is 0 Å².